The average Bonchev–Trinajstić information content (AvgIpc) is 2.17. The van der Waals surface area contributed by atoms with Gasteiger partial charge in [0.05, 0.1) is 0 Å². The summed E-state index contributed by atoms with van der Waals surface area (Å²) < 4.78 is 0. The fraction of sp³-hybridized carbons (Fsp3) is 0.364. The maximum atomic E-state index is 11.1. The van der Waals surface area contributed by atoms with Crippen molar-refractivity contribution in [2.45, 2.75) is 6.54 Å². The molecular weight excluding hydrogens is 212 g/mol. The first-order valence-corrected chi connectivity index (χ1v) is 5.25. The molecule has 0 heterocycles. The summed E-state index contributed by atoms with van der Waals surface area (Å²) in [6.45, 7) is 0.852. The molecule has 0 fully saturated rings. The minimum Gasteiger partial charge on any atom is -0.325 e. The van der Waals surface area contributed by atoms with E-state index in [4.69, 9.17) is 11.6 Å². The topological polar surface area (TPSA) is 32.3 Å². The van der Waals surface area contributed by atoms with Crippen molar-refractivity contribution in [1.29, 1.82) is 0 Å². The van der Waals surface area contributed by atoms with E-state index in [1.165, 1.54) is 0 Å². The van der Waals surface area contributed by atoms with E-state index in [0.717, 1.165) is 17.8 Å². The number of alkyl halides is 1. The van der Waals surface area contributed by atoms with Crippen LogP contribution < -0.4 is 5.32 Å². The van der Waals surface area contributed by atoms with E-state index >= 15 is 0 Å². The molecule has 0 bridgehead atoms. The predicted octanol–water partition coefficient (Wildman–Crippen LogP) is 1.93. The van der Waals surface area contributed by atoms with Gasteiger partial charge in [-0.05, 0) is 31.8 Å². The van der Waals surface area contributed by atoms with E-state index in [1.54, 1.807) is 0 Å². The summed E-state index contributed by atoms with van der Waals surface area (Å²) in [6.07, 6.45) is 0. The number of rotatable bonds is 4. The Bertz CT molecular complexity index is 339. The summed E-state index contributed by atoms with van der Waals surface area (Å²) in [6, 6.07) is 7.74. The lowest BCUT2D eigenvalue weighted by atomic mass is 10.2. The maximum Gasteiger partial charge on any atom is 0.239 e. The molecule has 0 saturated carbocycles. The van der Waals surface area contributed by atoms with Gasteiger partial charge in [-0.25, -0.2) is 0 Å². The minimum absolute atomic E-state index is 0.0160. The third-order valence-corrected chi connectivity index (χ3v) is 2.07. The van der Waals surface area contributed by atoms with Crippen molar-refractivity contribution in [3.63, 3.8) is 0 Å². The first-order chi connectivity index (χ1) is 7.11. The molecule has 1 aromatic carbocycles. The summed E-state index contributed by atoms with van der Waals surface area (Å²) in [5, 5.41) is 2.72. The Morgan fingerprint density at radius 1 is 1.47 bits per heavy atom. The van der Waals surface area contributed by atoms with Gasteiger partial charge in [0.15, 0.2) is 0 Å². The molecule has 0 radical (unpaired) electrons. The van der Waals surface area contributed by atoms with E-state index in [9.17, 15) is 4.79 Å². The van der Waals surface area contributed by atoms with Crippen LogP contribution in [0.4, 0.5) is 5.69 Å². The average molecular weight is 227 g/mol. The van der Waals surface area contributed by atoms with Crippen LogP contribution in [-0.4, -0.2) is 30.8 Å². The Morgan fingerprint density at radius 2 is 2.20 bits per heavy atom. The minimum atomic E-state index is -0.182. The van der Waals surface area contributed by atoms with Gasteiger partial charge in [-0.3, -0.25) is 4.79 Å². The zero-order chi connectivity index (χ0) is 11.3. The summed E-state index contributed by atoms with van der Waals surface area (Å²) in [4.78, 5) is 13.1. The number of benzene rings is 1. The van der Waals surface area contributed by atoms with Crippen LogP contribution >= 0.6 is 11.6 Å². The Hall–Kier alpha value is -1.06. The fourth-order valence-electron chi connectivity index (χ4n) is 1.31. The highest BCUT2D eigenvalue weighted by molar-refractivity contribution is 6.29. The van der Waals surface area contributed by atoms with Crippen molar-refractivity contribution in [3.8, 4) is 0 Å². The number of amides is 1. The van der Waals surface area contributed by atoms with Crippen molar-refractivity contribution < 1.29 is 4.79 Å². The number of hydrogen-bond donors (Lipinski definition) is 1. The number of hydrogen-bond acceptors (Lipinski definition) is 2. The number of nitrogens with zero attached hydrogens (tertiary/aromatic N) is 1. The number of anilines is 1. The molecule has 0 aliphatic heterocycles. The lowest BCUT2D eigenvalue weighted by Crippen LogP contribution is -2.14. The van der Waals surface area contributed by atoms with Crippen molar-refractivity contribution >= 4 is 23.2 Å². The summed E-state index contributed by atoms with van der Waals surface area (Å²) in [5.74, 6) is -0.198. The Balaban J connectivity index is 2.69. The summed E-state index contributed by atoms with van der Waals surface area (Å²) in [7, 11) is 4.01. The molecule has 0 unspecified atom stereocenters. The highest BCUT2D eigenvalue weighted by Gasteiger charge is 2.01. The molecule has 0 aromatic heterocycles. The first kappa shape index (κ1) is 12.0. The molecular formula is C11H15ClN2O. The number of nitrogens with one attached hydrogen (secondary N) is 1. The van der Waals surface area contributed by atoms with Crippen LogP contribution in [0.15, 0.2) is 24.3 Å². The van der Waals surface area contributed by atoms with Gasteiger partial charge in [0.1, 0.15) is 5.88 Å². The van der Waals surface area contributed by atoms with Gasteiger partial charge >= 0.3 is 0 Å². The van der Waals surface area contributed by atoms with Gasteiger partial charge in [-0.15, -0.1) is 11.6 Å². The van der Waals surface area contributed by atoms with Crippen LogP contribution in [-0.2, 0) is 11.3 Å². The van der Waals surface area contributed by atoms with Gasteiger partial charge in [-0.1, -0.05) is 12.1 Å². The highest BCUT2D eigenvalue weighted by Crippen LogP contribution is 2.11. The van der Waals surface area contributed by atoms with Crippen LogP contribution in [0.1, 0.15) is 5.56 Å². The van der Waals surface area contributed by atoms with Crippen LogP contribution in [0.3, 0.4) is 0 Å². The standard InChI is InChI=1S/C11H15ClN2O/c1-14(2)8-9-4-3-5-10(6-9)13-11(15)7-12/h3-6H,7-8H2,1-2H3,(H,13,15). The molecule has 15 heavy (non-hydrogen) atoms. The fourth-order valence-corrected chi connectivity index (χ4v) is 1.37. The Labute approximate surface area is 95.0 Å². The summed E-state index contributed by atoms with van der Waals surface area (Å²) in [5.41, 5.74) is 1.95. The monoisotopic (exact) mass is 226 g/mol. The molecule has 1 aromatic rings. The second-order valence-electron chi connectivity index (χ2n) is 3.62. The molecule has 0 atom stereocenters. The number of carbonyl (C=O) groups excluding carboxylic acids is 1. The van der Waals surface area contributed by atoms with Crippen LogP contribution in [0.5, 0.6) is 0 Å². The largest absolute Gasteiger partial charge is 0.325 e. The molecule has 3 nitrogen and oxygen atoms in total. The van der Waals surface area contributed by atoms with Gasteiger partial charge < -0.3 is 10.2 Å². The molecule has 82 valence electrons. The third-order valence-electron chi connectivity index (χ3n) is 1.83. The Kier molecular flexibility index (Phi) is 4.59. The van der Waals surface area contributed by atoms with Crippen LogP contribution in [0, 0.1) is 0 Å². The molecule has 0 aliphatic rings. The van der Waals surface area contributed by atoms with Crippen LogP contribution in [0.25, 0.3) is 0 Å². The first-order valence-electron chi connectivity index (χ1n) is 4.71. The van der Waals surface area contributed by atoms with Crippen LogP contribution in [0.2, 0.25) is 0 Å². The van der Waals surface area contributed by atoms with E-state index in [0.29, 0.717) is 0 Å². The van der Waals surface area contributed by atoms with E-state index in [-0.39, 0.29) is 11.8 Å². The molecule has 4 heteroatoms. The second kappa shape index (κ2) is 5.73. The van der Waals surface area contributed by atoms with Crippen molar-refractivity contribution in [2.24, 2.45) is 0 Å². The SMILES string of the molecule is CN(C)Cc1cccc(NC(=O)CCl)c1. The zero-order valence-corrected chi connectivity index (χ0v) is 9.71. The molecule has 0 saturated heterocycles. The highest BCUT2D eigenvalue weighted by atomic mass is 35.5. The van der Waals surface area contributed by atoms with Gasteiger partial charge in [0.25, 0.3) is 0 Å². The van der Waals surface area contributed by atoms with E-state index < -0.39 is 0 Å². The third kappa shape index (κ3) is 4.32. The van der Waals surface area contributed by atoms with E-state index in [2.05, 4.69) is 10.2 Å². The molecule has 0 spiro atoms. The smallest absolute Gasteiger partial charge is 0.239 e. The lowest BCUT2D eigenvalue weighted by Gasteiger charge is -2.11. The van der Waals surface area contributed by atoms with Crippen molar-refractivity contribution in [1.82, 2.24) is 4.90 Å². The number of carbonyl (C=O) groups is 1. The normalized spacial score (nSPS) is 10.4. The maximum absolute atomic E-state index is 11.1. The molecule has 1 amide bonds. The van der Waals surface area contributed by atoms with Gasteiger partial charge in [0, 0.05) is 12.2 Å². The number of halogens is 1. The molecule has 1 N–H and O–H groups in total. The van der Waals surface area contributed by atoms with E-state index in [1.807, 2.05) is 38.4 Å². The second-order valence-corrected chi connectivity index (χ2v) is 3.89. The molecule has 1 rings (SSSR count). The summed E-state index contributed by atoms with van der Waals surface area (Å²) >= 11 is 5.41. The van der Waals surface area contributed by atoms with Crippen molar-refractivity contribution in [2.75, 3.05) is 25.3 Å². The molecule has 0 aliphatic carbocycles. The van der Waals surface area contributed by atoms with Crippen molar-refractivity contribution in [3.05, 3.63) is 29.8 Å². The lowest BCUT2D eigenvalue weighted by molar-refractivity contribution is -0.113. The van der Waals surface area contributed by atoms with Gasteiger partial charge in [-0.2, -0.15) is 0 Å². The Morgan fingerprint density at radius 3 is 2.80 bits per heavy atom. The quantitative estimate of drug-likeness (QED) is 0.796. The zero-order valence-electron chi connectivity index (χ0n) is 8.96. The predicted molar refractivity (Wildman–Crippen MR) is 63.2 cm³/mol. The van der Waals surface area contributed by atoms with Gasteiger partial charge in [0.2, 0.25) is 5.91 Å².